The number of thiophene rings is 1. The van der Waals surface area contributed by atoms with E-state index in [1.807, 2.05) is 44.2 Å². The zero-order valence-corrected chi connectivity index (χ0v) is 29.3. The van der Waals surface area contributed by atoms with Crippen LogP contribution in [-0.2, 0) is 11.2 Å². The highest BCUT2D eigenvalue weighted by molar-refractivity contribution is 7.17. The number of aromatic nitrogens is 3. The second-order valence-electron chi connectivity index (χ2n) is 13.6. The van der Waals surface area contributed by atoms with Crippen molar-refractivity contribution in [2.24, 2.45) is 5.41 Å². The molecule has 0 bridgehead atoms. The molecule has 12 heteroatoms. The Morgan fingerprint density at radius 1 is 0.902 bits per heavy atom. The van der Waals surface area contributed by atoms with Gasteiger partial charge in [-0.05, 0) is 104 Å². The molecule has 5 aromatic rings. The number of fused-ring (bicyclic) bond motifs is 3. The zero-order valence-electron chi connectivity index (χ0n) is 28.4. The van der Waals surface area contributed by atoms with Gasteiger partial charge in [-0.1, -0.05) is 0 Å². The maximum absolute atomic E-state index is 14.0. The monoisotopic (exact) mass is 699 g/mol. The van der Waals surface area contributed by atoms with Crippen LogP contribution < -0.4 is 20.4 Å². The fraction of sp³-hybridized carbons (Fsp3) is 0.282. The van der Waals surface area contributed by atoms with E-state index in [9.17, 15) is 14.4 Å². The summed E-state index contributed by atoms with van der Waals surface area (Å²) in [7, 11) is 0. The van der Waals surface area contributed by atoms with Gasteiger partial charge in [-0.15, -0.1) is 11.3 Å². The number of nitrogens with one attached hydrogen (secondary N) is 2. The summed E-state index contributed by atoms with van der Waals surface area (Å²) in [5.74, 6) is 0.0728. The predicted octanol–water partition coefficient (Wildman–Crippen LogP) is 6.54. The summed E-state index contributed by atoms with van der Waals surface area (Å²) in [5, 5.41) is 5.98. The van der Waals surface area contributed by atoms with E-state index in [-0.39, 0.29) is 23.1 Å². The molecule has 4 aromatic heterocycles. The normalized spacial score (nSPS) is 16.0. The Hall–Kier alpha value is -5.46. The van der Waals surface area contributed by atoms with Crippen LogP contribution in [0.5, 0.6) is 0 Å². The van der Waals surface area contributed by atoms with Crippen LogP contribution in [0, 0.1) is 19.3 Å². The minimum absolute atomic E-state index is 0.174. The Morgan fingerprint density at radius 3 is 2.49 bits per heavy atom. The number of rotatable bonds is 6. The first kappa shape index (κ1) is 32.7. The molecule has 51 heavy (non-hydrogen) atoms. The Kier molecular flexibility index (Phi) is 8.56. The molecule has 2 N–H and O–H groups in total. The van der Waals surface area contributed by atoms with Gasteiger partial charge in [0.15, 0.2) is 0 Å². The molecule has 7 heterocycles. The number of nitrogens with zero attached hydrogens (tertiary/aromatic N) is 5. The lowest BCUT2D eigenvalue weighted by atomic mass is 9.73. The van der Waals surface area contributed by atoms with Gasteiger partial charge >= 0.3 is 0 Å². The van der Waals surface area contributed by atoms with E-state index in [0.29, 0.717) is 57.5 Å². The first-order valence-electron chi connectivity index (χ1n) is 17.1. The number of anilines is 4. The van der Waals surface area contributed by atoms with Crippen LogP contribution in [0.25, 0.3) is 10.6 Å². The van der Waals surface area contributed by atoms with Crippen LogP contribution in [0.4, 0.5) is 22.9 Å². The SMILES string of the molecule is Cc1cnc(N2CC3(CCOCC3)C2)c(C(=O)Nc2ccc(C(=O)N3CCc4cc(C(=O)Nc5cnccc5C)sc4-c4ncccc43)cc2)c1. The van der Waals surface area contributed by atoms with Crippen molar-refractivity contribution in [2.45, 2.75) is 33.1 Å². The number of aryl methyl sites for hydroxylation is 2. The highest BCUT2D eigenvalue weighted by Gasteiger charge is 2.45. The van der Waals surface area contributed by atoms with Crippen molar-refractivity contribution in [1.82, 2.24) is 15.0 Å². The topological polar surface area (TPSA) is 130 Å². The fourth-order valence-corrected chi connectivity index (χ4v) is 8.23. The fourth-order valence-electron chi connectivity index (χ4n) is 7.12. The Bertz CT molecular complexity index is 2150. The van der Waals surface area contributed by atoms with Crippen molar-refractivity contribution in [1.29, 1.82) is 0 Å². The summed E-state index contributed by atoms with van der Waals surface area (Å²) in [6.45, 7) is 7.57. The quantitative estimate of drug-likeness (QED) is 0.205. The van der Waals surface area contributed by atoms with Gasteiger partial charge in [0, 0.05) is 68.1 Å². The predicted molar refractivity (Wildman–Crippen MR) is 198 cm³/mol. The van der Waals surface area contributed by atoms with Crippen molar-refractivity contribution in [2.75, 3.05) is 53.3 Å². The van der Waals surface area contributed by atoms with Crippen molar-refractivity contribution < 1.29 is 19.1 Å². The van der Waals surface area contributed by atoms with Crippen molar-refractivity contribution in [3.63, 3.8) is 0 Å². The molecule has 0 atom stereocenters. The minimum atomic E-state index is -0.240. The molecule has 1 aromatic carbocycles. The maximum Gasteiger partial charge on any atom is 0.265 e. The lowest BCUT2D eigenvalue weighted by Gasteiger charge is -2.53. The van der Waals surface area contributed by atoms with Crippen LogP contribution in [0.2, 0.25) is 0 Å². The molecule has 3 aliphatic rings. The maximum atomic E-state index is 14.0. The minimum Gasteiger partial charge on any atom is -0.381 e. The molecule has 3 aliphatic heterocycles. The standard InChI is InChI=1S/C39H37N7O4S/c1-24-18-29(35(42-20-24)45-22-39(23-45)11-16-50-17-12-39)36(47)43-28-7-5-26(6-8-28)38(49)46-15-10-27-19-32(37(48)44-30-21-40-14-9-25(30)2)51-34(27)33-31(46)4-3-13-41-33/h3-9,13-14,18-21H,10-12,15-17,22-23H2,1-2H3,(H,43,47)(H,44,48). The van der Waals surface area contributed by atoms with E-state index < -0.39 is 0 Å². The van der Waals surface area contributed by atoms with Gasteiger partial charge in [-0.3, -0.25) is 24.4 Å². The number of benzene rings is 1. The lowest BCUT2D eigenvalue weighted by molar-refractivity contribution is -0.000511. The van der Waals surface area contributed by atoms with Gasteiger partial charge in [0.25, 0.3) is 17.7 Å². The lowest BCUT2D eigenvalue weighted by Crippen LogP contribution is -2.59. The third-order valence-corrected chi connectivity index (χ3v) is 11.2. The molecule has 0 saturated carbocycles. The van der Waals surface area contributed by atoms with Crippen LogP contribution in [0.15, 0.2) is 79.4 Å². The molecule has 258 valence electrons. The summed E-state index contributed by atoms with van der Waals surface area (Å²) < 4.78 is 5.57. The molecular formula is C39H37N7O4S. The summed E-state index contributed by atoms with van der Waals surface area (Å²) >= 11 is 1.37. The zero-order chi connectivity index (χ0) is 35.1. The molecule has 3 amide bonds. The first-order chi connectivity index (χ1) is 24.8. The van der Waals surface area contributed by atoms with E-state index >= 15 is 0 Å². The third-order valence-electron chi connectivity index (χ3n) is 10.0. The van der Waals surface area contributed by atoms with Gasteiger partial charge in [0.1, 0.15) is 11.5 Å². The Morgan fingerprint density at radius 2 is 1.71 bits per heavy atom. The van der Waals surface area contributed by atoms with E-state index in [1.165, 1.54) is 11.3 Å². The number of ether oxygens (including phenoxy) is 1. The van der Waals surface area contributed by atoms with Crippen molar-refractivity contribution in [3.8, 4) is 10.6 Å². The molecule has 11 nitrogen and oxygen atoms in total. The average molecular weight is 700 g/mol. The molecule has 2 fully saturated rings. The van der Waals surface area contributed by atoms with E-state index in [0.717, 1.165) is 60.7 Å². The number of hydrogen-bond acceptors (Lipinski definition) is 9. The molecule has 1 spiro atoms. The average Bonchev–Trinajstić information content (AvgIpc) is 3.50. The first-order valence-corrected chi connectivity index (χ1v) is 17.9. The van der Waals surface area contributed by atoms with Gasteiger partial charge in [0.2, 0.25) is 0 Å². The number of carbonyl (C=O) groups is 3. The Labute approximate surface area is 299 Å². The summed E-state index contributed by atoms with van der Waals surface area (Å²) in [6, 6.07) is 16.3. The van der Waals surface area contributed by atoms with Crippen LogP contribution in [0.1, 0.15) is 59.9 Å². The second kappa shape index (κ2) is 13.3. The summed E-state index contributed by atoms with van der Waals surface area (Å²) in [5.41, 5.74) is 6.66. The Balaban J connectivity index is 0.974. The smallest absolute Gasteiger partial charge is 0.265 e. The number of hydrogen-bond donors (Lipinski definition) is 2. The van der Waals surface area contributed by atoms with Gasteiger partial charge in [-0.25, -0.2) is 4.98 Å². The van der Waals surface area contributed by atoms with Crippen molar-refractivity contribution in [3.05, 3.63) is 112 Å². The summed E-state index contributed by atoms with van der Waals surface area (Å²) in [6.07, 6.45) is 9.45. The van der Waals surface area contributed by atoms with Crippen LogP contribution >= 0.6 is 11.3 Å². The molecule has 0 unspecified atom stereocenters. The number of pyridine rings is 3. The second-order valence-corrected chi connectivity index (χ2v) is 14.6. The van der Waals surface area contributed by atoms with Crippen molar-refractivity contribution >= 4 is 51.9 Å². The highest BCUT2D eigenvalue weighted by Crippen LogP contribution is 2.43. The van der Waals surface area contributed by atoms with E-state index in [1.54, 1.807) is 54.0 Å². The summed E-state index contributed by atoms with van der Waals surface area (Å²) in [4.78, 5) is 59.6. The van der Waals surface area contributed by atoms with E-state index in [2.05, 4.69) is 30.5 Å². The highest BCUT2D eigenvalue weighted by atomic mass is 32.1. The van der Waals surface area contributed by atoms with Gasteiger partial charge in [0.05, 0.1) is 32.9 Å². The molecule has 2 saturated heterocycles. The van der Waals surface area contributed by atoms with Gasteiger partial charge in [-0.2, -0.15) is 0 Å². The van der Waals surface area contributed by atoms with Crippen LogP contribution in [-0.4, -0.2) is 65.5 Å². The molecule has 8 rings (SSSR count). The number of amides is 3. The number of carbonyl (C=O) groups excluding carboxylic acids is 3. The largest absolute Gasteiger partial charge is 0.381 e. The third kappa shape index (κ3) is 6.36. The molecular weight excluding hydrogens is 663 g/mol. The van der Waals surface area contributed by atoms with Crippen LogP contribution in [0.3, 0.4) is 0 Å². The van der Waals surface area contributed by atoms with E-state index in [4.69, 9.17) is 4.74 Å². The molecule has 0 aliphatic carbocycles. The molecule has 0 radical (unpaired) electrons. The van der Waals surface area contributed by atoms with Gasteiger partial charge < -0.3 is 25.2 Å².